The van der Waals surface area contributed by atoms with Gasteiger partial charge in [-0.25, -0.2) is 9.78 Å². The summed E-state index contributed by atoms with van der Waals surface area (Å²) >= 11 is 0. The molecule has 0 bridgehead atoms. The third kappa shape index (κ3) is 2.50. The number of para-hydroxylation sites is 2. The molecule has 2 heterocycles. The molecule has 3 N–H and O–H groups in total. The normalized spacial score (nSPS) is 11.3. The van der Waals surface area contributed by atoms with Crippen LogP contribution in [0.2, 0.25) is 0 Å². The Morgan fingerprint density at radius 2 is 1.92 bits per heavy atom. The first-order valence-electron chi connectivity index (χ1n) is 8.68. The molecule has 4 rings (SSSR count). The van der Waals surface area contributed by atoms with E-state index in [-0.39, 0.29) is 0 Å². The molecule has 0 saturated heterocycles. The average molecular weight is 348 g/mol. The number of rotatable bonds is 4. The van der Waals surface area contributed by atoms with Gasteiger partial charge in [0.15, 0.2) is 5.58 Å². The van der Waals surface area contributed by atoms with Crippen LogP contribution in [0.1, 0.15) is 13.8 Å². The second-order valence-corrected chi connectivity index (χ2v) is 6.14. The fraction of sp³-hybridized carbons (Fsp3) is 0.200. The maximum absolute atomic E-state index is 12.6. The molecular weight excluding hydrogens is 328 g/mol. The number of aromatic amines is 1. The number of nitrogens with two attached hydrogens (primary N) is 1. The van der Waals surface area contributed by atoms with Gasteiger partial charge in [0.05, 0.1) is 22.4 Å². The van der Waals surface area contributed by atoms with Crippen LogP contribution in [0.5, 0.6) is 0 Å². The molecule has 0 aliphatic heterocycles. The summed E-state index contributed by atoms with van der Waals surface area (Å²) in [6.45, 7) is 5.78. The molecule has 0 aliphatic carbocycles. The van der Waals surface area contributed by atoms with Crippen LogP contribution >= 0.6 is 0 Å². The molecule has 6 heteroatoms. The van der Waals surface area contributed by atoms with E-state index in [1.165, 1.54) is 0 Å². The van der Waals surface area contributed by atoms with Gasteiger partial charge < -0.3 is 20.0 Å². The van der Waals surface area contributed by atoms with Gasteiger partial charge in [0, 0.05) is 18.5 Å². The first-order valence-corrected chi connectivity index (χ1v) is 8.68. The van der Waals surface area contributed by atoms with Gasteiger partial charge >= 0.3 is 5.63 Å². The molecule has 132 valence electrons. The van der Waals surface area contributed by atoms with Crippen LogP contribution in [0.25, 0.3) is 33.4 Å². The van der Waals surface area contributed by atoms with Crippen molar-refractivity contribution in [3.05, 3.63) is 52.9 Å². The number of fused-ring (bicyclic) bond motifs is 2. The second-order valence-electron chi connectivity index (χ2n) is 6.14. The van der Waals surface area contributed by atoms with Gasteiger partial charge in [-0.15, -0.1) is 0 Å². The summed E-state index contributed by atoms with van der Waals surface area (Å²) in [7, 11) is 0. The van der Waals surface area contributed by atoms with E-state index >= 15 is 0 Å². The number of H-pyrrole nitrogens is 1. The summed E-state index contributed by atoms with van der Waals surface area (Å²) in [6, 6.07) is 13.3. The van der Waals surface area contributed by atoms with E-state index in [2.05, 4.69) is 28.7 Å². The van der Waals surface area contributed by atoms with E-state index in [1.807, 2.05) is 36.4 Å². The highest BCUT2D eigenvalue weighted by Crippen LogP contribution is 2.32. The molecule has 0 aliphatic rings. The Hall–Kier alpha value is -3.28. The van der Waals surface area contributed by atoms with Crippen molar-refractivity contribution in [2.45, 2.75) is 13.8 Å². The van der Waals surface area contributed by atoms with E-state index in [4.69, 9.17) is 10.2 Å². The number of nitrogens with one attached hydrogen (secondary N) is 1. The first kappa shape index (κ1) is 16.2. The Bertz CT molecular complexity index is 1120. The van der Waals surface area contributed by atoms with Crippen LogP contribution in [-0.2, 0) is 0 Å². The highest BCUT2D eigenvalue weighted by Gasteiger charge is 2.16. The topological polar surface area (TPSA) is 88.2 Å². The number of imidazole rings is 1. The highest BCUT2D eigenvalue weighted by atomic mass is 16.4. The number of nitrogens with zero attached hydrogens (tertiary/aromatic N) is 2. The van der Waals surface area contributed by atoms with Gasteiger partial charge in [-0.2, -0.15) is 0 Å². The van der Waals surface area contributed by atoms with Crippen LogP contribution in [0, 0.1) is 0 Å². The summed E-state index contributed by atoms with van der Waals surface area (Å²) in [5, 5.41) is 0.772. The van der Waals surface area contributed by atoms with Crippen molar-refractivity contribution in [2.24, 2.45) is 0 Å². The van der Waals surface area contributed by atoms with Crippen LogP contribution in [0.4, 0.5) is 11.4 Å². The van der Waals surface area contributed by atoms with Crippen molar-refractivity contribution in [3.63, 3.8) is 0 Å². The minimum absolute atomic E-state index is 0.392. The lowest BCUT2D eigenvalue weighted by Gasteiger charge is -2.23. The number of hydrogen-bond acceptors (Lipinski definition) is 5. The summed E-state index contributed by atoms with van der Waals surface area (Å²) in [5.74, 6) is 0.494. The third-order valence-corrected chi connectivity index (χ3v) is 4.67. The van der Waals surface area contributed by atoms with E-state index in [9.17, 15) is 4.79 Å². The molecule has 26 heavy (non-hydrogen) atoms. The van der Waals surface area contributed by atoms with Crippen LogP contribution in [-0.4, -0.2) is 23.1 Å². The van der Waals surface area contributed by atoms with Gasteiger partial charge in [0.1, 0.15) is 11.4 Å². The number of anilines is 2. The number of nitrogen functional groups attached to an aromatic ring is 1. The van der Waals surface area contributed by atoms with Crippen molar-refractivity contribution in [1.82, 2.24) is 9.97 Å². The van der Waals surface area contributed by atoms with Gasteiger partial charge in [0.25, 0.3) is 0 Å². The van der Waals surface area contributed by atoms with Crippen molar-refractivity contribution in [2.75, 3.05) is 23.7 Å². The van der Waals surface area contributed by atoms with Crippen LogP contribution < -0.4 is 16.3 Å². The molecule has 2 aromatic heterocycles. The lowest BCUT2D eigenvalue weighted by molar-refractivity contribution is 0.564. The molecule has 0 radical (unpaired) electrons. The fourth-order valence-corrected chi connectivity index (χ4v) is 3.28. The smallest absolute Gasteiger partial charge is 0.347 e. The highest BCUT2D eigenvalue weighted by molar-refractivity contribution is 5.96. The molecule has 6 nitrogen and oxygen atoms in total. The van der Waals surface area contributed by atoms with Crippen molar-refractivity contribution >= 4 is 33.4 Å². The Morgan fingerprint density at radius 1 is 1.15 bits per heavy atom. The molecule has 2 aromatic carbocycles. The van der Waals surface area contributed by atoms with Crippen LogP contribution in [0.15, 0.2) is 51.7 Å². The molecule has 0 atom stereocenters. The zero-order valence-electron chi connectivity index (χ0n) is 14.7. The van der Waals surface area contributed by atoms with Crippen LogP contribution in [0.3, 0.4) is 0 Å². The zero-order chi connectivity index (χ0) is 18.3. The summed E-state index contributed by atoms with van der Waals surface area (Å²) < 4.78 is 5.59. The van der Waals surface area contributed by atoms with Crippen molar-refractivity contribution < 1.29 is 4.42 Å². The van der Waals surface area contributed by atoms with Gasteiger partial charge in [-0.1, -0.05) is 12.1 Å². The maximum atomic E-state index is 12.6. The summed E-state index contributed by atoms with van der Waals surface area (Å²) in [5.41, 5.74) is 9.68. The second kappa shape index (κ2) is 6.22. The number of aromatic nitrogens is 2. The third-order valence-electron chi connectivity index (χ3n) is 4.67. The lowest BCUT2D eigenvalue weighted by atomic mass is 10.1. The SMILES string of the molecule is CCN(CC)c1ccc2cc(-c3nc4ccccc4[nH]3)c(=O)oc2c1N. The van der Waals surface area contributed by atoms with E-state index in [0.29, 0.717) is 22.7 Å². The first-order chi connectivity index (χ1) is 12.6. The molecule has 0 amide bonds. The minimum atomic E-state index is -0.458. The minimum Gasteiger partial charge on any atom is -0.420 e. The fourth-order valence-electron chi connectivity index (χ4n) is 3.28. The Kier molecular flexibility index (Phi) is 3.88. The Balaban J connectivity index is 1.89. The quantitative estimate of drug-likeness (QED) is 0.433. The Labute approximate surface area is 150 Å². The number of hydrogen-bond donors (Lipinski definition) is 2. The van der Waals surface area contributed by atoms with Crippen molar-refractivity contribution in [3.8, 4) is 11.4 Å². The number of benzene rings is 2. The van der Waals surface area contributed by atoms with E-state index in [0.717, 1.165) is 35.2 Å². The van der Waals surface area contributed by atoms with Gasteiger partial charge in [-0.05, 0) is 44.2 Å². The van der Waals surface area contributed by atoms with E-state index < -0.39 is 5.63 Å². The standard InChI is InChI=1S/C20H20N4O2/c1-3-24(4-2)16-10-9-12-11-13(20(25)26-18(12)17(16)21)19-22-14-7-5-6-8-15(14)23-19/h5-11H,3-4,21H2,1-2H3,(H,22,23). The molecular formula is C20H20N4O2. The molecule has 0 saturated carbocycles. The summed E-state index contributed by atoms with van der Waals surface area (Å²) in [4.78, 5) is 22.4. The van der Waals surface area contributed by atoms with Gasteiger partial charge in [0.2, 0.25) is 0 Å². The molecule has 0 fully saturated rings. The maximum Gasteiger partial charge on any atom is 0.347 e. The lowest BCUT2D eigenvalue weighted by Crippen LogP contribution is -2.23. The summed E-state index contributed by atoms with van der Waals surface area (Å²) in [6.07, 6.45) is 0. The molecule has 0 unspecified atom stereocenters. The van der Waals surface area contributed by atoms with Crippen molar-refractivity contribution in [1.29, 1.82) is 0 Å². The monoisotopic (exact) mass is 348 g/mol. The van der Waals surface area contributed by atoms with E-state index in [1.54, 1.807) is 6.07 Å². The van der Waals surface area contributed by atoms with Gasteiger partial charge in [-0.3, -0.25) is 0 Å². The Morgan fingerprint density at radius 3 is 2.65 bits per heavy atom. The largest absolute Gasteiger partial charge is 0.420 e. The molecule has 4 aromatic rings. The average Bonchev–Trinajstić information content (AvgIpc) is 3.08. The molecule has 0 spiro atoms. The zero-order valence-corrected chi connectivity index (χ0v) is 14.7. The predicted molar refractivity (Wildman–Crippen MR) is 106 cm³/mol. The predicted octanol–water partition coefficient (Wildman–Crippen LogP) is 3.76.